The number of anilines is 2. The summed E-state index contributed by atoms with van der Waals surface area (Å²) in [6.45, 7) is 4.06. The SMILES string of the molecule is CC(=O)N1c2ccc(-c3cnn(CCO)c3)cc2N(C(=O)Oc2ccccn2)C[C@@H]1C. The van der Waals surface area contributed by atoms with Gasteiger partial charge in [-0.05, 0) is 30.7 Å². The molecule has 0 fully saturated rings. The van der Waals surface area contributed by atoms with Crippen molar-refractivity contribution in [1.29, 1.82) is 0 Å². The Hall–Kier alpha value is -3.72. The van der Waals surface area contributed by atoms with Crippen LogP contribution in [0.25, 0.3) is 11.1 Å². The molecular formula is C22H23N5O4. The normalized spacial score (nSPS) is 15.5. The smallest absolute Gasteiger partial charge is 0.394 e. The average Bonchev–Trinajstić information content (AvgIpc) is 3.22. The van der Waals surface area contributed by atoms with E-state index in [1.807, 2.05) is 31.3 Å². The first-order valence-corrected chi connectivity index (χ1v) is 9.96. The van der Waals surface area contributed by atoms with Crippen LogP contribution in [0.1, 0.15) is 13.8 Å². The zero-order chi connectivity index (χ0) is 22.0. The highest BCUT2D eigenvalue weighted by Crippen LogP contribution is 2.39. The van der Waals surface area contributed by atoms with Crippen LogP contribution >= 0.6 is 0 Å². The molecule has 0 spiro atoms. The second kappa shape index (κ2) is 8.57. The zero-order valence-corrected chi connectivity index (χ0v) is 17.3. The Balaban J connectivity index is 1.73. The topological polar surface area (TPSA) is 101 Å². The molecule has 0 unspecified atom stereocenters. The van der Waals surface area contributed by atoms with Gasteiger partial charge in [0.05, 0.1) is 36.8 Å². The van der Waals surface area contributed by atoms with Crippen molar-refractivity contribution in [2.45, 2.75) is 26.4 Å². The second-order valence-electron chi connectivity index (χ2n) is 7.30. The van der Waals surface area contributed by atoms with Crippen LogP contribution in [0.2, 0.25) is 0 Å². The minimum Gasteiger partial charge on any atom is -0.394 e. The van der Waals surface area contributed by atoms with E-state index in [0.717, 1.165) is 11.1 Å². The van der Waals surface area contributed by atoms with Gasteiger partial charge in [0, 0.05) is 37.5 Å². The summed E-state index contributed by atoms with van der Waals surface area (Å²) >= 11 is 0. The van der Waals surface area contributed by atoms with E-state index in [1.165, 1.54) is 11.8 Å². The fourth-order valence-electron chi connectivity index (χ4n) is 3.75. The lowest BCUT2D eigenvalue weighted by Crippen LogP contribution is -2.52. The molecule has 1 aromatic carbocycles. The lowest BCUT2D eigenvalue weighted by molar-refractivity contribution is -0.117. The number of pyridine rings is 1. The van der Waals surface area contributed by atoms with Crippen molar-refractivity contribution in [2.75, 3.05) is 23.0 Å². The van der Waals surface area contributed by atoms with Gasteiger partial charge in [0.25, 0.3) is 0 Å². The molecule has 1 N–H and O–H groups in total. The van der Waals surface area contributed by atoms with Crippen LogP contribution in [0.3, 0.4) is 0 Å². The van der Waals surface area contributed by atoms with Gasteiger partial charge in [-0.15, -0.1) is 0 Å². The number of nitrogens with zero attached hydrogens (tertiary/aromatic N) is 5. The average molecular weight is 421 g/mol. The van der Waals surface area contributed by atoms with Crippen molar-refractivity contribution in [3.63, 3.8) is 0 Å². The molecule has 160 valence electrons. The van der Waals surface area contributed by atoms with Crippen LogP contribution in [0.5, 0.6) is 5.88 Å². The molecule has 9 heteroatoms. The summed E-state index contributed by atoms with van der Waals surface area (Å²) in [5, 5.41) is 13.4. The first-order valence-electron chi connectivity index (χ1n) is 9.96. The van der Waals surface area contributed by atoms with E-state index in [4.69, 9.17) is 9.84 Å². The Morgan fingerprint density at radius 1 is 1.19 bits per heavy atom. The van der Waals surface area contributed by atoms with Crippen LogP contribution in [-0.2, 0) is 11.3 Å². The van der Waals surface area contributed by atoms with Crippen LogP contribution in [-0.4, -0.2) is 51.1 Å². The number of carbonyl (C=O) groups is 2. The number of aliphatic hydroxyl groups is 1. The maximum atomic E-state index is 13.0. The van der Waals surface area contributed by atoms with E-state index in [-0.39, 0.29) is 31.0 Å². The molecule has 9 nitrogen and oxygen atoms in total. The molecule has 3 aromatic rings. The minimum absolute atomic E-state index is 0.0100. The Morgan fingerprint density at radius 2 is 2.03 bits per heavy atom. The van der Waals surface area contributed by atoms with E-state index in [2.05, 4.69) is 10.1 Å². The molecule has 0 saturated heterocycles. The number of amides is 2. The van der Waals surface area contributed by atoms with Crippen molar-refractivity contribution in [3.8, 4) is 17.0 Å². The van der Waals surface area contributed by atoms with Crippen LogP contribution in [0.4, 0.5) is 16.2 Å². The highest BCUT2D eigenvalue weighted by atomic mass is 16.6. The molecule has 2 aromatic heterocycles. The Morgan fingerprint density at radius 3 is 2.74 bits per heavy atom. The highest BCUT2D eigenvalue weighted by Gasteiger charge is 2.35. The predicted octanol–water partition coefficient (Wildman–Crippen LogP) is 2.70. The third-order valence-corrected chi connectivity index (χ3v) is 5.10. The molecule has 0 saturated carbocycles. The number of ether oxygens (including phenoxy) is 1. The summed E-state index contributed by atoms with van der Waals surface area (Å²) < 4.78 is 7.11. The summed E-state index contributed by atoms with van der Waals surface area (Å²) in [7, 11) is 0. The fraction of sp³-hybridized carbons (Fsp3) is 0.273. The maximum Gasteiger partial charge on any atom is 0.421 e. The predicted molar refractivity (Wildman–Crippen MR) is 115 cm³/mol. The summed E-state index contributed by atoms with van der Waals surface area (Å²) in [5.41, 5.74) is 2.87. The van der Waals surface area contributed by atoms with Gasteiger partial charge >= 0.3 is 6.09 Å². The van der Waals surface area contributed by atoms with Gasteiger partial charge in [0.2, 0.25) is 11.8 Å². The summed E-state index contributed by atoms with van der Waals surface area (Å²) in [4.78, 5) is 32.6. The molecule has 0 bridgehead atoms. The molecule has 1 aliphatic rings. The molecule has 2 amide bonds. The quantitative estimate of drug-likeness (QED) is 0.695. The summed E-state index contributed by atoms with van der Waals surface area (Å²) in [6.07, 6.45) is 4.50. The third-order valence-electron chi connectivity index (χ3n) is 5.10. The maximum absolute atomic E-state index is 13.0. The molecule has 4 rings (SSSR count). The second-order valence-corrected chi connectivity index (χ2v) is 7.30. The lowest BCUT2D eigenvalue weighted by atomic mass is 10.0. The molecule has 1 atom stereocenters. The molecule has 31 heavy (non-hydrogen) atoms. The van der Waals surface area contributed by atoms with Gasteiger partial charge in [0.1, 0.15) is 0 Å². The number of fused-ring (bicyclic) bond motifs is 1. The van der Waals surface area contributed by atoms with Crippen LogP contribution in [0, 0.1) is 0 Å². The number of carbonyl (C=O) groups excluding carboxylic acids is 2. The monoisotopic (exact) mass is 421 g/mol. The van der Waals surface area contributed by atoms with Gasteiger partial charge in [-0.2, -0.15) is 5.10 Å². The highest BCUT2D eigenvalue weighted by molar-refractivity contribution is 6.03. The number of rotatable bonds is 4. The van der Waals surface area contributed by atoms with Crippen molar-refractivity contribution in [1.82, 2.24) is 14.8 Å². The number of aliphatic hydroxyl groups excluding tert-OH is 1. The van der Waals surface area contributed by atoms with Crippen LogP contribution in [0.15, 0.2) is 55.0 Å². The third kappa shape index (κ3) is 4.13. The van der Waals surface area contributed by atoms with Gasteiger partial charge in [-0.25, -0.2) is 9.78 Å². The van der Waals surface area contributed by atoms with E-state index < -0.39 is 6.09 Å². The fourth-order valence-corrected chi connectivity index (χ4v) is 3.75. The van der Waals surface area contributed by atoms with E-state index in [9.17, 15) is 9.59 Å². The molecule has 1 aliphatic heterocycles. The van der Waals surface area contributed by atoms with E-state index in [1.54, 1.807) is 40.2 Å². The Bertz CT molecular complexity index is 1100. The van der Waals surface area contributed by atoms with Gasteiger partial charge < -0.3 is 14.7 Å². The van der Waals surface area contributed by atoms with Gasteiger partial charge in [-0.1, -0.05) is 12.1 Å². The number of hydrogen-bond acceptors (Lipinski definition) is 6. The van der Waals surface area contributed by atoms with E-state index in [0.29, 0.717) is 17.9 Å². The number of hydrogen-bond donors (Lipinski definition) is 1. The standard InChI is InChI=1S/C22H23N5O4/c1-15-13-26(22(30)31-21-5-3-4-8-23-21)20-11-17(6-7-19(20)27(15)16(2)29)18-12-24-25(14-18)9-10-28/h3-8,11-12,14-15,28H,9-10,13H2,1-2H3/t15-/m0/s1. The van der Waals surface area contributed by atoms with Crippen LogP contribution < -0.4 is 14.5 Å². The van der Waals surface area contributed by atoms with Gasteiger partial charge in [-0.3, -0.25) is 14.4 Å². The molecular weight excluding hydrogens is 398 g/mol. The van der Waals surface area contributed by atoms with Crippen molar-refractivity contribution < 1.29 is 19.4 Å². The van der Waals surface area contributed by atoms with E-state index >= 15 is 0 Å². The van der Waals surface area contributed by atoms with Crippen molar-refractivity contribution >= 4 is 23.4 Å². The summed E-state index contributed by atoms with van der Waals surface area (Å²) in [6, 6.07) is 10.4. The number of aromatic nitrogens is 3. The lowest BCUT2D eigenvalue weighted by Gasteiger charge is -2.40. The first kappa shape index (κ1) is 20.5. The Kier molecular flexibility index (Phi) is 5.68. The zero-order valence-electron chi connectivity index (χ0n) is 17.3. The van der Waals surface area contributed by atoms with Crippen molar-refractivity contribution in [2.24, 2.45) is 0 Å². The minimum atomic E-state index is -0.567. The largest absolute Gasteiger partial charge is 0.421 e. The Labute approximate surface area is 179 Å². The van der Waals surface area contributed by atoms with Crippen molar-refractivity contribution in [3.05, 3.63) is 55.0 Å². The molecule has 0 aliphatic carbocycles. The molecule has 0 radical (unpaired) electrons. The van der Waals surface area contributed by atoms with Gasteiger partial charge in [0.15, 0.2) is 0 Å². The number of benzene rings is 1. The first-order chi connectivity index (χ1) is 15.0. The summed E-state index contributed by atoms with van der Waals surface area (Å²) in [5.74, 6) is 0.104. The molecule has 3 heterocycles.